The molecule has 4 heteroatoms. The Hall–Kier alpha value is -1.03. The number of carbonyl (C=O) groups is 1. The second kappa shape index (κ2) is 5.34. The molecule has 92 valence electrons. The summed E-state index contributed by atoms with van der Waals surface area (Å²) in [5.41, 5.74) is -0.462. The molecule has 0 aromatic carbocycles. The smallest absolute Gasteiger partial charge is 0.408 e. The van der Waals surface area contributed by atoms with E-state index in [0.717, 1.165) is 12.8 Å². The molecule has 0 radical (unpaired) electrons. The average molecular weight is 227 g/mol. The molecule has 0 fully saturated rings. The molecule has 4 nitrogen and oxygen atoms in total. The van der Waals surface area contributed by atoms with Crippen LogP contribution in [0.25, 0.3) is 0 Å². The van der Waals surface area contributed by atoms with Gasteiger partial charge in [-0.05, 0) is 33.6 Å². The minimum atomic E-state index is -0.462. The summed E-state index contributed by atoms with van der Waals surface area (Å²) in [4.78, 5) is 11.5. The van der Waals surface area contributed by atoms with Gasteiger partial charge in [0.1, 0.15) is 5.60 Å². The zero-order chi connectivity index (χ0) is 12.2. The second-order valence-electron chi connectivity index (χ2n) is 5.16. The molecule has 0 aromatic heterocycles. The lowest BCUT2D eigenvalue weighted by molar-refractivity contribution is 0.0509. The summed E-state index contributed by atoms with van der Waals surface area (Å²) in [6.07, 6.45) is 5.23. The molecule has 0 spiro atoms. The van der Waals surface area contributed by atoms with Gasteiger partial charge in [-0.1, -0.05) is 12.2 Å². The van der Waals surface area contributed by atoms with E-state index < -0.39 is 5.60 Å². The van der Waals surface area contributed by atoms with E-state index >= 15 is 0 Å². The van der Waals surface area contributed by atoms with E-state index in [1.54, 1.807) is 0 Å². The molecule has 2 N–H and O–H groups in total. The predicted molar refractivity (Wildman–Crippen MR) is 62.1 cm³/mol. The van der Waals surface area contributed by atoms with Gasteiger partial charge >= 0.3 is 6.09 Å². The van der Waals surface area contributed by atoms with Gasteiger partial charge in [0.25, 0.3) is 0 Å². The Morgan fingerprint density at radius 1 is 1.44 bits per heavy atom. The number of amides is 1. The summed E-state index contributed by atoms with van der Waals surface area (Å²) in [5, 5.41) is 11.7. The fraction of sp³-hybridized carbons (Fsp3) is 0.750. The highest BCUT2D eigenvalue weighted by molar-refractivity contribution is 5.68. The number of rotatable bonds is 2. The molecule has 0 saturated heterocycles. The maximum atomic E-state index is 11.5. The first kappa shape index (κ1) is 13.0. The zero-order valence-corrected chi connectivity index (χ0v) is 10.2. The Labute approximate surface area is 96.7 Å². The van der Waals surface area contributed by atoms with E-state index in [0.29, 0.717) is 0 Å². The van der Waals surface area contributed by atoms with E-state index in [-0.39, 0.29) is 24.7 Å². The molecular weight excluding hydrogens is 206 g/mol. The van der Waals surface area contributed by atoms with Crippen LogP contribution in [0.5, 0.6) is 0 Å². The van der Waals surface area contributed by atoms with Gasteiger partial charge in [-0.25, -0.2) is 4.79 Å². The number of hydrogen-bond acceptors (Lipinski definition) is 3. The fourth-order valence-corrected chi connectivity index (χ4v) is 1.61. The molecule has 1 rings (SSSR count). The zero-order valence-electron chi connectivity index (χ0n) is 10.2. The average Bonchev–Trinajstić information content (AvgIpc) is 2.16. The molecule has 0 heterocycles. The number of aliphatic hydroxyl groups is 1. The first-order valence-electron chi connectivity index (χ1n) is 5.69. The first-order chi connectivity index (χ1) is 7.40. The van der Waals surface area contributed by atoms with E-state index in [2.05, 4.69) is 5.32 Å². The lowest BCUT2D eigenvalue weighted by Gasteiger charge is -2.25. The monoisotopic (exact) mass is 227 g/mol. The van der Waals surface area contributed by atoms with E-state index in [9.17, 15) is 4.79 Å². The fourth-order valence-electron chi connectivity index (χ4n) is 1.61. The number of nitrogens with one attached hydrogen (secondary N) is 1. The van der Waals surface area contributed by atoms with Crippen LogP contribution < -0.4 is 5.32 Å². The molecular formula is C12H21NO3. The molecule has 2 unspecified atom stereocenters. The third-order valence-electron chi connectivity index (χ3n) is 2.40. The molecule has 2 atom stereocenters. The second-order valence-corrected chi connectivity index (χ2v) is 5.16. The summed E-state index contributed by atoms with van der Waals surface area (Å²) in [6, 6.07) is 0.0256. The van der Waals surface area contributed by atoms with Crippen LogP contribution >= 0.6 is 0 Å². The lowest BCUT2D eigenvalue weighted by Crippen LogP contribution is -2.39. The summed E-state index contributed by atoms with van der Waals surface area (Å²) in [5.74, 6) is 0.233. The van der Waals surface area contributed by atoms with Crippen molar-refractivity contribution >= 4 is 6.09 Å². The third kappa shape index (κ3) is 4.66. The van der Waals surface area contributed by atoms with Crippen molar-refractivity contribution in [2.75, 3.05) is 6.61 Å². The van der Waals surface area contributed by atoms with Crippen molar-refractivity contribution in [3.63, 3.8) is 0 Å². The lowest BCUT2D eigenvalue weighted by atomic mass is 9.94. The predicted octanol–water partition coefficient (Wildman–Crippen LogP) is 1.84. The highest BCUT2D eigenvalue weighted by Crippen LogP contribution is 2.17. The maximum absolute atomic E-state index is 11.5. The minimum absolute atomic E-state index is 0.0256. The van der Waals surface area contributed by atoms with Gasteiger partial charge < -0.3 is 15.2 Å². The summed E-state index contributed by atoms with van der Waals surface area (Å²) in [6.45, 7) is 5.69. The van der Waals surface area contributed by atoms with Crippen LogP contribution in [-0.4, -0.2) is 29.4 Å². The Morgan fingerprint density at radius 3 is 2.56 bits per heavy atom. The maximum Gasteiger partial charge on any atom is 0.408 e. The van der Waals surface area contributed by atoms with E-state index in [1.165, 1.54) is 0 Å². The first-order valence-corrected chi connectivity index (χ1v) is 5.69. The SMILES string of the molecule is CC(C)(C)OC(=O)NC1C=CC(CO)CC1. The van der Waals surface area contributed by atoms with Crippen molar-refractivity contribution < 1.29 is 14.6 Å². The van der Waals surface area contributed by atoms with Crippen molar-refractivity contribution in [2.45, 2.75) is 45.3 Å². The van der Waals surface area contributed by atoms with Crippen LogP contribution in [0.15, 0.2) is 12.2 Å². The molecule has 0 aliphatic heterocycles. The Kier molecular flexibility index (Phi) is 4.35. The van der Waals surface area contributed by atoms with Gasteiger partial charge in [0, 0.05) is 12.5 Å². The van der Waals surface area contributed by atoms with Gasteiger partial charge in [-0.3, -0.25) is 0 Å². The number of hydrogen-bond donors (Lipinski definition) is 2. The molecule has 1 aliphatic rings. The third-order valence-corrected chi connectivity index (χ3v) is 2.40. The highest BCUT2D eigenvalue weighted by atomic mass is 16.6. The molecule has 16 heavy (non-hydrogen) atoms. The number of ether oxygens (including phenoxy) is 1. The number of alkyl carbamates (subject to hydrolysis) is 1. The Balaban J connectivity index is 2.36. The largest absolute Gasteiger partial charge is 0.444 e. The molecule has 1 amide bonds. The molecule has 0 aromatic rings. The standard InChI is InChI=1S/C12H21NO3/c1-12(2,3)16-11(15)13-10-6-4-9(8-14)5-7-10/h4,6,9-10,14H,5,7-8H2,1-3H3,(H,13,15). The topological polar surface area (TPSA) is 58.6 Å². The summed E-state index contributed by atoms with van der Waals surface area (Å²) in [7, 11) is 0. The van der Waals surface area contributed by atoms with Crippen LogP contribution in [0.1, 0.15) is 33.6 Å². The highest BCUT2D eigenvalue weighted by Gasteiger charge is 2.20. The Bertz CT molecular complexity index is 268. The number of carbonyl (C=O) groups excluding carboxylic acids is 1. The summed E-state index contributed by atoms with van der Waals surface area (Å²) >= 11 is 0. The van der Waals surface area contributed by atoms with Gasteiger partial charge in [0.15, 0.2) is 0 Å². The van der Waals surface area contributed by atoms with Crippen molar-refractivity contribution in [1.82, 2.24) is 5.32 Å². The van der Waals surface area contributed by atoms with Gasteiger partial charge in [0.05, 0.1) is 6.04 Å². The van der Waals surface area contributed by atoms with E-state index in [4.69, 9.17) is 9.84 Å². The van der Waals surface area contributed by atoms with Crippen LogP contribution in [0.2, 0.25) is 0 Å². The molecule has 0 saturated carbocycles. The van der Waals surface area contributed by atoms with Crippen LogP contribution in [0.3, 0.4) is 0 Å². The Morgan fingerprint density at radius 2 is 2.12 bits per heavy atom. The van der Waals surface area contributed by atoms with Crippen molar-refractivity contribution in [3.8, 4) is 0 Å². The van der Waals surface area contributed by atoms with Crippen LogP contribution in [0.4, 0.5) is 4.79 Å². The summed E-state index contributed by atoms with van der Waals surface area (Å²) < 4.78 is 5.16. The normalized spacial score (nSPS) is 25.2. The van der Waals surface area contributed by atoms with Crippen molar-refractivity contribution in [1.29, 1.82) is 0 Å². The van der Waals surface area contributed by atoms with Crippen molar-refractivity contribution in [2.24, 2.45) is 5.92 Å². The van der Waals surface area contributed by atoms with Crippen molar-refractivity contribution in [3.05, 3.63) is 12.2 Å². The van der Waals surface area contributed by atoms with E-state index in [1.807, 2.05) is 32.9 Å². The van der Waals surface area contributed by atoms with Gasteiger partial charge in [-0.2, -0.15) is 0 Å². The molecule has 0 bridgehead atoms. The number of aliphatic hydroxyl groups excluding tert-OH is 1. The van der Waals surface area contributed by atoms with Crippen LogP contribution in [-0.2, 0) is 4.74 Å². The van der Waals surface area contributed by atoms with Crippen LogP contribution in [0, 0.1) is 5.92 Å². The van der Waals surface area contributed by atoms with Gasteiger partial charge in [-0.15, -0.1) is 0 Å². The minimum Gasteiger partial charge on any atom is -0.444 e. The molecule has 1 aliphatic carbocycles. The van der Waals surface area contributed by atoms with Gasteiger partial charge in [0.2, 0.25) is 0 Å². The quantitative estimate of drug-likeness (QED) is 0.708.